The summed E-state index contributed by atoms with van der Waals surface area (Å²) in [5.41, 5.74) is 1.12. The van der Waals surface area contributed by atoms with Gasteiger partial charge in [0.05, 0.1) is 17.4 Å². The van der Waals surface area contributed by atoms with E-state index in [2.05, 4.69) is 16.8 Å². The summed E-state index contributed by atoms with van der Waals surface area (Å²) in [6, 6.07) is 1.57. The molecule has 0 bridgehead atoms. The molecule has 92 valence electrons. The molecule has 2 rings (SSSR count). The highest BCUT2D eigenvalue weighted by Gasteiger charge is 2.25. The summed E-state index contributed by atoms with van der Waals surface area (Å²) < 4.78 is 0. The number of anilines is 1. The molecule has 1 unspecified atom stereocenters. The molecular weight excluding hydrogens is 216 g/mol. The number of pyridine rings is 1. The van der Waals surface area contributed by atoms with Gasteiger partial charge in [-0.2, -0.15) is 0 Å². The highest BCUT2D eigenvalue weighted by Crippen LogP contribution is 2.28. The van der Waals surface area contributed by atoms with E-state index in [0.29, 0.717) is 11.5 Å². The van der Waals surface area contributed by atoms with E-state index in [-0.39, 0.29) is 0 Å². The van der Waals surface area contributed by atoms with E-state index >= 15 is 0 Å². The van der Waals surface area contributed by atoms with Crippen molar-refractivity contribution in [3.05, 3.63) is 24.0 Å². The monoisotopic (exact) mass is 234 g/mol. The molecule has 0 spiro atoms. The minimum atomic E-state index is -0.874. The van der Waals surface area contributed by atoms with E-state index in [1.807, 2.05) is 0 Å². The van der Waals surface area contributed by atoms with Crippen molar-refractivity contribution in [2.45, 2.75) is 26.2 Å². The first-order chi connectivity index (χ1) is 8.22. The topological polar surface area (TPSA) is 53.4 Å². The Bertz CT molecular complexity index is 406. The Morgan fingerprint density at radius 3 is 3.18 bits per heavy atom. The second kappa shape index (κ2) is 5.17. The fraction of sp³-hybridized carbons (Fsp3) is 0.538. The number of hydrogen-bond donors (Lipinski definition) is 1. The van der Waals surface area contributed by atoms with E-state index in [1.54, 1.807) is 12.3 Å². The lowest BCUT2D eigenvalue weighted by molar-refractivity contribution is 0.0697. The lowest BCUT2D eigenvalue weighted by Crippen LogP contribution is -2.22. The number of nitrogens with zero attached hydrogens (tertiary/aromatic N) is 2. The average molecular weight is 234 g/mol. The lowest BCUT2D eigenvalue weighted by atomic mass is 10.0. The first kappa shape index (κ1) is 11.9. The van der Waals surface area contributed by atoms with Crippen molar-refractivity contribution in [2.75, 3.05) is 18.0 Å². The maximum absolute atomic E-state index is 11.1. The van der Waals surface area contributed by atoms with Crippen molar-refractivity contribution in [1.82, 2.24) is 4.98 Å². The molecule has 0 aromatic carbocycles. The Morgan fingerprint density at radius 2 is 2.47 bits per heavy atom. The Balaban J connectivity index is 2.16. The highest BCUT2D eigenvalue weighted by atomic mass is 16.4. The van der Waals surface area contributed by atoms with Crippen LogP contribution in [-0.2, 0) is 0 Å². The summed E-state index contributed by atoms with van der Waals surface area (Å²) in [7, 11) is 0. The van der Waals surface area contributed by atoms with Crippen LogP contribution in [-0.4, -0.2) is 29.1 Å². The third-order valence-electron chi connectivity index (χ3n) is 3.35. The van der Waals surface area contributed by atoms with Gasteiger partial charge in [0.15, 0.2) is 0 Å². The molecule has 1 N–H and O–H groups in total. The van der Waals surface area contributed by atoms with Gasteiger partial charge in [-0.05, 0) is 24.8 Å². The molecule has 4 heteroatoms. The predicted molar refractivity (Wildman–Crippen MR) is 66.4 cm³/mol. The molecule has 0 radical (unpaired) electrons. The molecule has 0 amide bonds. The van der Waals surface area contributed by atoms with Gasteiger partial charge in [-0.1, -0.05) is 13.3 Å². The van der Waals surface area contributed by atoms with Crippen molar-refractivity contribution in [1.29, 1.82) is 0 Å². The molecule has 17 heavy (non-hydrogen) atoms. The second-order valence-corrected chi connectivity index (χ2v) is 4.59. The van der Waals surface area contributed by atoms with Crippen LogP contribution in [0.2, 0.25) is 0 Å². The zero-order valence-electron chi connectivity index (χ0n) is 10.1. The summed E-state index contributed by atoms with van der Waals surface area (Å²) in [6.45, 7) is 4.09. The first-order valence-corrected chi connectivity index (χ1v) is 6.14. The van der Waals surface area contributed by atoms with E-state index in [0.717, 1.165) is 25.2 Å². The standard InChI is InChI=1S/C13H18N2O2/c1-2-3-10-5-7-15(9-10)12-8-14-6-4-11(12)13(16)17/h4,6,8,10H,2-3,5,7,9H2,1H3,(H,16,17). The maximum atomic E-state index is 11.1. The van der Waals surface area contributed by atoms with Crippen LogP contribution >= 0.6 is 0 Å². The zero-order valence-corrected chi connectivity index (χ0v) is 10.1. The van der Waals surface area contributed by atoms with Crippen LogP contribution in [0.15, 0.2) is 18.5 Å². The third-order valence-corrected chi connectivity index (χ3v) is 3.35. The molecule has 1 aromatic heterocycles. The van der Waals surface area contributed by atoms with Crippen LogP contribution in [0.25, 0.3) is 0 Å². The molecule has 0 aliphatic carbocycles. The van der Waals surface area contributed by atoms with Gasteiger partial charge in [-0.25, -0.2) is 4.79 Å². The summed E-state index contributed by atoms with van der Waals surface area (Å²) >= 11 is 0. The van der Waals surface area contributed by atoms with Gasteiger partial charge >= 0.3 is 5.97 Å². The fourth-order valence-electron chi connectivity index (χ4n) is 2.51. The largest absolute Gasteiger partial charge is 0.478 e. The Labute approximate surface area is 101 Å². The maximum Gasteiger partial charge on any atom is 0.337 e. The van der Waals surface area contributed by atoms with Crippen LogP contribution < -0.4 is 4.90 Å². The highest BCUT2D eigenvalue weighted by molar-refractivity contribution is 5.94. The summed E-state index contributed by atoms with van der Waals surface area (Å²) in [5, 5.41) is 9.14. The summed E-state index contributed by atoms with van der Waals surface area (Å²) in [4.78, 5) is 17.3. The SMILES string of the molecule is CCCC1CCN(c2cnccc2C(=O)O)C1. The Kier molecular flexibility index (Phi) is 3.61. The van der Waals surface area contributed by atoms with Gasteiger partial charge in [0.1, 0.15) is 0 Å². The molecule has 1 aliphatic heterocycles. The second-order valence-electron chi connectivity index (χ2n) is 4.59. The molecule has 1 atom stereocenters. The lowest BCUT2D eigenvalue weighted by Gasteiger charge is -2.20. The fourth-order valence-corrected chi connectivity index (χ4v) is 2.51. The van der Waals surface area contributed by atoms with E-state index in [1.165, 1.54) is 19.0 Å². The molecule has 1 fully saturated rings. The van der Waals surface area contributed by atoms with Crippen molar-refractivity contribution in [3.8, 4) is 0 Å². The number of hydrogen-bond acceptors (Lipinski definition) is 3. The summed E-state index contributed by atoms with van der Waals surface area (Å²) in [5.74, 6) is -0.178. The van der Waals surface area contributed by atoms with Crippen LogP contribution in [0.4, 0.5) is 5.69 Å². The zero-order chi connectivity index (χ0) is 12.3. The van der Waals surface area contributed by atoms with Crippen molar-refractivity contribution < 1.29 is 9.90 Å². The molecule has 0 saturated carbocycles. The minimum Gasteiger partial charge on any atom is -0.478 e. The van der Waals surface area contributed by atoms with Crippen LogP contribution in [0, 0.1) is 5.92 Å². The number of aromatic nitrogens is 1. The van der Waals surface area contributed by atoms with E-state index < -0.39 is 5.97 Å². The van der Waals surface area contributed by atoms with Crippen LogP contribution in [0.3, 0.4) is 0 Å². The van der Waals surface area contributed by atoms with Gasteiger partial charge in [0, 0.05) is 19.3 Å². The van der Waals surface area contributed by atoms with Gasteiger partial charge in [0.2, 0.25) is 0 Å². The third kappa shape index (κ3) is 2.57. The molecule has 1 saturated heterocycles. The number of carbonyl (C=O) groups is 1. The van der Waals surface area contributed by atoms with Gasteiger partial charge in [-0.3, -0.25) is 4.98 Å². The Morgan fingerprint density at radius 1 is 1.65 bits per heavy atom. The van der Waals surface area contributed by atoms with Gasteiger partial charge < -0.3 is 10.0 Å². The quantitative estimate of drug-likeness (QED) is 0.869. The number of aromatic carboxylic acids is 1. The van der Waals surface area contributed by atoms with Crippen molar-refractivity contribution in [2.24, 2.45) is 5.92 Å². The summed E-state index contributed by atoms with van der Waals surface area (Å²) in [6.07, 6.45) is 6.77. The van der Waals surface area contributed by atoms with Crippen LogP contribution in [0.5, 0.6) is 0 Å². The van der Waals surface area contributed by atoms with E-state index in [9.17, 15) is 4.79 Å². The molecule has 1 aliphatic rings. The number of carboxylic acid groups (broad SMARTS) is 1. The van der Waals surface area contributed by atoms with Gasteiger partial charge in [0.25, 0.3) is 0 Å². The number of carboxylic acids is 1. The normalized spacial score (nSPS) is 19.6. The van der Waals surface area contributed by atoms with Crippen LogP contribution in [0.1, 0.15) is 36.5 Å². The molecule has 4 nitrogen and oxygen atoms in total. The first-order valence-electron chi connectivity index (χ1n) is 6.14. The Hall–Kier alpha value is -1.58. The molecule has 1 aromatic rings. The smallest absolute Gasteiger partial charge is 0.337 e. The predicted octanol–water partition coefficient (Wildman–Crippen LogP) is 2.41. The molecule has 2 heterocycles. The van der Waals surface area contributed by atoms with Crippen molar-refractivity contribution in [3.63, 3.8) is 0 Å². The van der Waals surface area contributed by atoms with Crippen molar-refractivity contribution >= 4 is 11.7 Å². The van der Waals surface area contributed by atoms with E-state index in [4.69, 9.17) is 5.11 Å². The molecular formula is C13H18N2O2. The van der Waals surface area contributed by atoms with Gasteiger partial charge in [-0.15, -0.1) is 0 Å². The average Bonchev–Trinajstić information content (AvgIpc) is 2.78. The number of rotatable bonds is 4. The minimum absolute atomic E-state index is 0.358.